The maximum absolute atomic E-state index is 12.6. The van der Waals surface area contributed by atoms with Crippen LogP contribution in [0, 0.1) is 0 Å². The highest BCUT2D eigenvalue weighted by Gasteiger charge is 2.22. The number of rotatable bonds is 4. The molecule has 84 valence electrons. The Bertz CT molecular complexity index is 368. The molecule has 1 aromatic heterocycles. The number of halogens is 3. The first-order valence-corrected chi connectivity index (χ1v) is 4.95. The topological polar surface area (TPSA) is 55.1 Å². The number of aromatic nitrogens is 2. The van der Waals surface area contributed by atoms with Gasteiger partial charge in [-0.2, -0.15) is 5.10 Å². The molecule has 0 aliphatic carbocycles. The number of alkyl halides is 2. The molecule has 1 N–H and O–H groups in total. The van der Waals surface area contributed by atoms with Crippen molar-refractivity contribution in [3.8, 4) is 0 Å². The molecule has 0 aliphatic rings. The van der Waals surface area contributed by atoms with E-state index in [0.29, 0.717) is 0 Å². The van der Waals surface area contributed by atoms with Gasteiger partial charge in [0.05, 0.1) is 23.1 Å². The molecular formula is C8H9BrF2N2O2. The first-order valence-electron chi connectivity index (χ1n) is 4.16. The summed E-state index contributed by atoms with van der Waals surface area (Å²) in [7, 11) is 0. The summed E-state index contributed by atoms with van der Waals surface area (Å²) >= 11 is 2.94. The summed E-state index contributed by atoms with van der Waals surface area (Å²) in [5.74, 6) is -1.05. The number of aliphatic carboxylic acids is 1. The molecule has 1 aromatic rings. The van der Waals surface area contributed by atoms with Crippen LogP contribution in [0.25, 0.3) is 0 Å². The van der Waals surface area contributed by atoms with E-state index in [-0.39, 0.29) is 16.6 Å². The molecule has 0 fully saturated rings. The fraction of sp³-hybridized carbons (Fsp3) is 0.500. The van der Waals surface area contributed by atoms with Crippen molar-refractivity contribution in [2.24, 2.45) is 0 Å². The van der Waals surface area contributed by atoms with E-state index in [0.717, 1.165) is 4.68 Å². The average molecular weight is 283 g/mol. The smallest absolute Gasteiger partial charge is 0.305 e. The molecule has 0 saturated carbocycles. The maximum Gasteiger partial charge on any atom is 0.305 e. The summed E-state index contributed by atoms with van der Waals surface area (Å²) in [5, 5.41) is 12.3. The molecule has 1 atom stereocenters. The zero-order chi connectivity index (χ0) is 11.6. The van der Waals surface area contributed by atoms with Crippen molar-refractivity contribution in [3.05, 3.63) is 16.4 Å². The Morgan fingerprint density at radius 2 is 2.33 bits per heavy atom. The maximum atomic E-state index is 12.6. The molecular weight excluding hydrogens is 274 g/mol. The standard InChI is InChI=1S/C8H9BrF2N2O2/c1-4(2-6(14)15)13-7(8(10)11)5(9)3-12-13/h3-4,8H,2H2,1H3,(H,14,15). The van der Waals surface area contributed by atoms with Crippen LogP contribution in [-0.2, 0) is 4.79 Å². The molecule has 0 aromatic carbocycles. The van der Waals surface area contributed by atoms with Crippen LogP contribution in [0.15, 0.2) is 10.7 Å². The number of hydrogen-bond acceptors (Lipinski definition) is 2. The van der Waals surface area contributed by atoms with E-state index in [1.54, 1.807) is 0 Å². The third kappa shape index (κ3) is 2.74. The lowest BCUT2D eigenvalue weighted by atomic mass is 10.2. The van der Waals surface area contributed by atoms with Gasteiger partial charge in [-0.1, -0.05) is 0 Å². The molecule has 0 radical (unpaired) electrons. The molecule has 1 heterocycles. The summed E-state index contributed by atoms with van der Waals surface area (Å²) in [6.45, 7) is 1.53. The second kappa shape index (κ2) is 4.69. The first-order chi connectivity index (χ1) is 6.93. The molecule has 4 nitrogen and oxygen atoms in total. The summed E-state index contributed by atoms with van der Waals surface area (Å²) in [4.78, 5) is 10.4. The Morgan fingerprint density at radius 1 is 1.73 bits per heavy atom. The quantitative estimate of drug-likeness (QED) is 0.924. The number of carboxylic acid groups (broad SMARTS) is 1. The molecule has 7 heteroatoms. The van der Waals surface area contributed by atoms with Gasteiger partial charge in [0.25, 0.3) is 6.43 Å². The lowest BCUT2D eigenvalue weighted by Gasteiger charge is -2.13. The van der Waals surface area contributed by atoms with Crippen molar-refractivity contribution in [3.63, 3.8) is 0 Å². The van der Waals surface area contributed by atoms with Crippen molar-refractivity contribution >= 4 is 21.9 Å². The minimum atomic E-state index is -2.68. The van der Waals surface area contributed by atoms with Crippen LogP contribution in [0.4, 0.5) is 8.78 Å². The van der Waals surface area contributed by atoms with E-state index >= 15 is 0 Å². The third-order valence-corrected chi connectivity index (χ3v) is 2.49. The third-order valence-electron chi connectivity index (χ3n) is 1.88. The van der Waals surface area contributed by atoms with Gasteiger partial charge in [0.1, 0.15) is 5.69 Å². The zero-order valence-electron chi connectivity index (χ0n) is 7.82. The Kier molecular flexibility index (Phi) is 3.78. The molecule has 0 amide bonds. The SMILES string of the molecule is CC(CC(=O)O)n1ncc(Br)c1C(F)F. The largest absolute Gasteiger partial charge is 0.481 e. The second-order valence-corrected chi connectivity index (χ2v) is 3.92. The van der Waals surface area contributed by atoms with Gasteiger partial charge in [-0.3, -0.25) is 9.48 Å². The van der Waals surface area contributed by atoms with E-state index in [2.05, 4.69) is 21.0 Å². The number of carbonyl (C=O) groups is 1. The highest BCUT2D eigenvalue weighted by atomic mass is 79.9. The molecule has 0 aliphatic heterocycles. The first kappa shape index (κ1) is 12.1. The monoisotopic (exact) mass is 282 g/mol. The Morgan fingerprint density at radius 3 is 2.80 bits per heavy atom. The van der Waals surface area contributed by atoms with Crippen LogP contribution >= 0.6 is 15.9 Å². The minimum absolute atomic E-state index is 0.190. The molecule has 1 unspecified atom stereocenters. The van der Waals surface area contributed by atoms with E-state index in [9.17, 15) is 13.6 Å². The van der Waals surface area contributed by atoms with Gasteiger partial charge in [-0.25, -0.2) is 8.78 Å². The van der Waals surface area contributed by atoms with Crippen molar-refractivity contribution in [2.75, 3.05) is 0 Å². The molecule has 15 heavy (non-hydrogen) atoms. The van der Waals surface area contributed by atoms with Gasteiger partial charge in [-0.05, 0) is 22.9 Å². The van der Waals surface area contributed by atoms with E-state index in [4.69, 9.17) is 5.11 Å². The van der Waals surface area contributed by atoms with Gasteiger partial charge >= 0.3 is 5.97 Å². The van der Waals surface area contributed by atoms with Crippen LogP contribution in [-0.4, -0.2) is 20.9 Å². The highest BCUT2D eigenvalue weighted by Crippen LogP contribution is 2.29. The summed E-state index contributed by atoms with van der Waals surface area (Å²) in [5.41, 5.74) is -0.288. The highest BCUT2D eigenvalue weighted by molar-refractivity contribution is 9.10. The van der Waals surface area contributed by atoms with E-state index in [1.807, 2.05) is 0 Å². The predicted molar refractivity (Wildman–Crippen MR) is 51.8 cm³/mol. The van der Waals surface area contributed by atoms with Crippen molar-refractivity contribution < 1.29 is 18.7 Å². The molecule has 0 spiro atoms. The van der Waals surface area contributed by atoms with Crippen LogP contribution in [0.3, 0.4) is 0 Å². The predicted octanol–water partition coefficient (Wildman–Crippen LogP) is 2.62. The molecule has 0 bridgehead atoms. The average Bonchev–Trinajstić information content (AvgIpc) is 2.45. The molecule has 1 rings (SSSR count). The van der Waals surface area contributed by atoms with Gasteiger partial charge < -0.3 is 5.11 Å². The van der Waals surface area contributed by atoms with Crippen molar-refractivity contribution in [1.29, 1.82) is 0 Å². The number of nitrogens with zero attached hydrogens (tertiary/aromatic N) is 2. The Hall–Kier alpha value is -0.980. The van der Waals surface area contributed by atoms with Crippen LogP contribution < -0.4 is 0 Å². The summed E-state index contributed by atoms with van der Waals surface area (Å²) in [6.07, 6.45) is -1.69. The number of hydrogen-bond donors (Lipinski definition) is 1. The van der Waals surface area contributed by atoms with Gasteiger partial charge in [-0.15, -0.1) is 0 Å². The summed E-state index contributed by atoms with van der Waals surface area (Å²) in [6, 6.07) is -0.599. The normalized spacial score (nSPS) is 13.1. The minimum Gasteiger partial charge on any atom is -0.481 e. The zero-order valence-corrected chi connectivity index (χ0v) is 9.41. The van der Waals surface area contributed by atoms with Crippen molar-refractivity contribution in [1.82, 2.24) is 9.78 Å². The number of carboxylic acids is 1. The molecule has 0 saturated heterocycles. The lowest BCUT2D eigenvalue weighted by molar-refractivity contribution is -0.137. The van der Waals surface area contributed by atoms with Crippen molar-refractivity contribution in [2.45, 2.75) is 25.8 Å². The van der Waals surface area contributed by atoms with E-state index in [1.165, 1.54) is 13.1 Å². The van der Waals surface area contributed by atoms with Crippen LogP contribution in [0.2, 0.25) is 0 Å². The summed E-state index contributed by atoms with van der Waals surface area (Å²) < 4.78 is 26.4. The van der Waals surface area contributed by atoms with E-state index < -0.39 is 18.4 Å². The second-order valence-electron chi connectivity index (χ2n) is 3.07. The van der Waals surface area contributed by atoms with Crippen LogP contribution in [0.5, 0.6) is 0 Å². The van der Waals surface area contributed by atoms with Gasteiger partial charge in [0.2, 0.25) is 0 Å². The lowest BCUT2D eigenvalue weighted by Crippen LogP contribution is -2.14. The fourth-order valence-corrected chi connectivity index (χ4v) is 1.69. The van der Waals surface area contributed by atoms with Crippen LogP contribution in [0.1, 0.15) is 31.5 Å². The Balaban J connectivity index is 2.98. The van der Waals surface area contributed by atoms with Gasteiger partial charge in [0.15, 0.2) is 0 Å². The fourth-order valence-electron chi connectivity index (χ4n) is 1.25. The van der Waals surface area contributed by atoms with Gasteiger partial charge in [0, 0.05) is 0 Å². The Labute approximate surface area is 93.0 Å².